The van der Waals surface area contributed by atoms with E-state index in [2.05, 4.69) is 17.1 Å². The smallest absolute Gasteiger partial charge is 0.317 e. The van der Waals surface area contributed by atoms with E-state index in [1.54, 1.807) is 0 Å². The van der Waals surface area contributed by atoms with Gasteiger partial charge in [-0.3, -0.25) is 0 Å². The highest BCUT2D eigenvalue weighted by Gasteiger charge is 2.19. The van der Waals surface area contributed by atoms with Crippen LogP contribution >= 0.6 is 0 Å². The van der Waals surface area contributed by atoms with Crippen molar-refractivity contribution in [1.29, 1.82) is 0 Å². The molecule has 1 aromatic rings. The van der Waals surface area contributed by atoms with Gasteiger partial charge in [-0.25, -0.2) is 4.79 Å². The van der Waals surface area contributed by atoms with Gasteiger partial charge in [-0.15, -0.1) is 0 Å². The van der Waals surface area contributed by atoms with Crippen LogP contribution in [0.25, 0.3) is 0 Å². The van der Waals surface area contributed by atoms with Crippen LogP contribution in [-0.4, -0.2) is 54.7 Å². The molecule has 1 aromatic carbocycles. The predicted molar refractivity (Wildman–Crippen MR) is 107 cm³/mol. The van der Waals surface area contributed by atoms with Gasteiger partial charge in [0.05, 0.1) is 6.61 Å². The van der Waals surface area contributed by atoms with Gasteiger partial charge in [-0.2, -0.15) is 0 Å². The van der Waals surface area contributed by atoms with Crippen LogP contribution in [0, 0.1) is 0 Å². The Morgan fingerprint density at radius 1 is 1.27 bits per heavy atom. The zero-order valence-corrected chi connectivity index (χ0v) is 16.7. The molecule has 0 spiro atoms. The van der Waals surface area contributed by atoms with Crippen molar-refractivity contribution in [2.45, 2.75) is 59.0 Å². The fourth-order valence-electron chi connectivity index (χ4n) is 3.55. The largest absolute Gasteiger partial charge is 0.494 e. The number of rotatable bonds is 9. The number of hydrogen-bond acceptors (Lipinski definition) is 3. The molecule has 1 heterocycles. The van der Waals surface area contributed by atoms with E-state index in [1.165, 1.54) is 25.8 Å². The number of ether oxygens (including phenoxy) is 1. The normalized spacial score (nSPS) is 17.7. The predicted octanol–water partition coefficient (Wildman–Crippen LogP) is 3.88. The molecule has 0 aromatic heterocycles. The van der Waals surface area contributed by atoms with E-state index >= 15 is 0 Å². The number of nitrogens with one attached hydrogen (secondary N) is 1. The maximum Gasteiger partial charge on any atom is 0.317 e. The van der Waals surface area contributed by atoms with E-state index in [0.717, 1.165) is 30.8 Å². The Balaban J connectivity index is 1.89. The lowest BCUT2D eigenvalue weighted by molar-refractivity contribution is 0.148. The van der Waals surface area contributed by atoms with E-state index in [1.807, 2.05) is 43.0 Å². The van der Waals surface area contributed by atoms with Gasteiger partial charge >= 0.3 is 6.03 Å². The summed E-state index contributed by atoms with van der Waals surface area (Å²) >= 11 is 0. The molecule has 0 radical (unpaired) electrons. The Morgan fingerprint density at radius 2 is 2.04 bits per heavy atom. The molecule has 0 saturated carbocycles. The molecule has 5 nitrogen and oxygen atoms in total. The number of carbonyl (C=O) groups excluding carboxylic acids is 1. The number of benzene rings is 1. The number of amides is 2. The second-order valence-corrected chi connectivity index (χ2v) is 7.07. The van der Waals surface area contributed by atoms with Crippen molar-refractivity contribution in [3.05, 3.63) is 29.8 Å². The van der Waals surface area contributed by atoms with Crippen molar-refractivity contribution < 1.29 is 9.53 Å². The van der Waals surface area contributed by atoms with Gasteiger partial charge in [0, 0.05) is 32.2 Å². The van der Waals surface area contributed by atoms with Crippen LogP contribution in [0.2, 0.25) is 0 Å². The molecule has 0 bridgehead atoms. The van der Waals surface area contributed by atoms with Gasteiger partial charge in [0.25, 0.3) is 0 Å². The average Bonchev–Trinajstić information content (AvgIpc) is 2.64. The molecule has 1 fully saturated rings. The van der Waals surface area contributed by atoms with Crippen molar-refractivity contribution in [3.63, 3.8) is 0 Å². The summed E-state index contributed by atoms with van der Waals surface area (Å²) in [6.45, 7) is 11.3. The number of nitrogens with zero attached hydrogens (tertiary/aromatic N) is 2. The first-order valence-corrected chi connectivity index (χ1v) is 10.1. The fourth-order valence-corrected chi connectivity index (χ4v) is 3.55. The molecule has 26 heavy (non-hydrogen) atoms. The van der Waals surface area contributed by atoms with Crippen molar-refractivity contribution in [2.24, 2.45) is 0 Å². The van der Waals surface area contributed by atoms with Gasteiger partial charge in [0.2, 0.25) is 0 Å². The highest BCUT2D eigenvalue weighted by atomic mass is 16.5. The van der Waals surface area contributed by atoms with Crippen LogP contribution in [-0.2, 0) is 6.54 Å². The number of piperidine rings is 1. The van der Waals surface area contributed by atoms with Crippen LogP contribution in [0.15, 0.2) is 24.3 Å². The summed E-state index contributed by atoms with van der Waals surface area (Å²) in [5.41, 5.74) is 1.13. The van der Waals surface area contributed by atoms with Crippen LogP contribution in [0.3, 0.4) is 0 Å². The molecule has 2 amide bonds. The standard InChI is InChI=1S/C21H35N3O2/c1-4-22-21(25)24(16-8-15-23-14-7-6-9-18(23)3)17-19-10-12-20(13-11-19)26-5-2/h10-13,18H,4-9,14-17H2,1-3H3,(H,22,25). The fraction of sp³-hybridized carbons (Fsp3) is 0.667. The number of carbonyl (C=O) groups is 1. The molecule has 0 aliphatic carbocycles. The van der Waals surface area contributed by atoms with Crippen LogP contribution in [0.5, 0.6) is 5.75 Å². The van der Waals surface area contributed by atoms with Crippen molar-refractivity contribution in [3.8, 4) is 5.75 Å². The molecule has 1 N–H and O–H groups in total. The van der Waals surface area contributed by atoms with Gasteiger partial charge in [0.1, 0.15) is 5.75 Å². The Labute approximate surface area is 158 Å². The van der Waals surface area contributed by atoms with Gasteiger partial charge in [0.15, 0.2) is 0 Å². The molecule has 1 aliphatic rings. The highest BCUT2D eigenvalue weighted by Crippen LogP contribution is 2.17. The SMILES string of the molecule is CCNC(=O)N(CCCN1CCCCC1C)Cc1ccc(OCC)cc1. The van der Waals surface area contributed by atoms with E-state index < -0.39 is 0 Å². The van der Waals surface area contributed by atoms with E-state index in [4.69, 9.17) is 4.74 Å². The maximum atomic E-state index is 12.4. The van der Waals surface area contributed by atoms with E-state index in [0.29, 0.717) is 25.7 Å². The summed E-state index contributed by atoms with van der Waals surface area (Å²) in [6.07, 6.45) is 4.96. The summed E-state index contributed by atoms with van der Waals surface area (Å²) in [4.78, 5) is 16.9. The minimum Gasteiger partial charge on any atom is -0.494 e. The Morgan fingerprint density at radius 3 is 2.69 bits per heavy atom. The molecule has 146 valence electrons. The zero-order valence-electron chi connectivity index (χ0n) is 16.7. The quantitative estimate of drug-likeness (QED) is 0.726. The van der Waals surface area contributed by atoms with Crippen LogP contribution in [0.1, 0.15) is 52.0 Å². The van der Waals surface area contributed by atoms with Crippen molar-refractivity contribution in [2.75, 3.05) is 32.8 Å². The second-order valence-electron chi connectivity index (χ2n) is 7.07. The number of hydrogen-bond donors (Lipinski definition) is 1. The van der Waals surface area contributed by atoms with Gasteiger partial charge < -0.3 is 19.9 Å². The lowest BCUT2D eigenvalue weighted by Gasteiger charge is -2.34. The van der Waals surface area contributed by atoms with Gasteiger partial charge in [-0.1, -0.05) is 18.6 Å². The van der Waals surface area contributed by atoms with Crippen molar-refractivity contribution in [1.82, 2.24) is 15.1 Å². The van der Waals surface area contributed by atoms with E-state index in [-0.39, 0.29) is 6.03 Å². The summed E-state index contributed by atoms with van der Waals surface area (Å²) in [5, 5.41) is 2.94. The first kappa shape index (κ1) is 20.6. The molecule has 5 heteroatoms. The molecule has 1 saturated heterocycles. The monoisotopic (exact) mass is 361 g/mol. The van der Waals surface area contributed by atoms with Crippen molar-refractivity contribution >= 4 is 6.03 Å². The Bertz CT molecular complexity index is 533. The minimum atomic E-state index is 0.0214. The minimum absolute atomic E-state index is 0.0214. The number of likely N-dealkylation sites (tertiary alicyclic amines) is 1. The van der Waals surface area contributed by atoms with Gasteiger partial charge in [-0.05, 0) is 64.3 Å². The molecular weight excluding hydrogens is 326 g/mol. The lowest BCUT2D eigenvalue weighted by atomic mass is 10.0. The number of urea groups is 1. The molecular formula is C21H35N3O2. The highest BCUT2D eigenvalue weighted by molar-refractivity contribution is 5.74. The van der Waals surface area contributed by atoms with Crippen LogP contribution in [0.4, 0.5) is 4.79 Å². The second kappa shape index (κ2) is 11.1. The van der Waals surface area contributed by atoms with Crippen LogP contribution < -0.4 is 10.1 Å². The first-order valence-electron chi connectivity index (χ1n) is 10.1. The topological polar surface area (TPSA) is 44.8 Å². The molecule has 1 aliphatic heterocycles. The summed E-state index contributed by atoms with van der Waals surface area (Å²) < 4.78 is 5.50. The Hall–Kier alpha value is -1.75. The molecule has 2 rings (SSSR count). The Kier molecular flexibility index (Phi) is 8.75. The molecule has 1 atom stereocenters. The third-order valence-electron chi connectivity index (χ3n) is 5.04. The maximum absolute atomic E-state index is 12.4. The zero-order chi connectivity index (χ0) is 18.8. The summed E-state index contributed by atoms with van der Waals surface area (Å²) in [6, 6.07) is 8.74. The van der Waals surface area contributed by atoms with E-state index in [9.17, 15) is 4.79 Å². The first-order chi connectivity index (χ1) is 12.6. The summed E-state index contributed by atoms with van der Waals surface area (Å²) in [5.74, 6) is 0.875. The third-order valence-corrected chi connectivity index (χ3v) is 5.04. The third kappa shape index (κ3) is 6.52. The lowest BCUT2D eigenvalue weighted by Crippen LogP contribution is -2.42. The average molecular weight is 362 g/mol. The molecule has 1 unspecified atom stereocenters. The summed E-state index contributed by atoms with van der Waals surface area (Å²) in [7, 11) is 0.